The van der Waals surface area contributed by atoms with Crippen LogP contribution in [0.4, 0.5) is 0 Å². The summed E-state index contributed by atoms with van der Waals surface area (Å²) in [6.45, 7) is 15.5. The molecular formula is C30H48O5. The van der Waals surface area contributed by atoms with Gasteiger partial charge in [-0.2, -0.15) is 0 Å². The molecule has 5 aliphatic carbocycles. The molecular weight excluding hydrogens is 440 g/mol. The van der Waals surface area contributed by atoms with E-state index in [9.17, 15) is 25.2 Å². The zero-order valence-electron chi connectivity index (χ0n) is 22.8. The lowest BCUT2D eigenvalue weighted by Crippen LogP contribution is -2.70. The van der Waals surface area contributed by atoms with Gasteiger partial charge in [0.1, 0.15) is 0 Å². The molecule has 5 nitrogen and oxygen atoms in total. The number of hydrogen-bond acceptors (Lipinski definition) is 4. The maximum Gasteiger partial charge on any atom is 0.310 e. The molecule has 0 heterocycles. The molecule has 4 fully saturated rings. The van der Waals surface area contributed by atoms with E-state index < -0.39 is 35.1 Å². The van der Waals surface area contributed by atoms with Gasteiger partial charge < -0.3 is 20.4 Å². The molecule has 0 amide bonds. The molecule has 4 N–H and O–H groups in total. The molecule has 0 bridgehead atoms. The molecule has 4 saturated carbocycles. The Morgan fingerprint density at radius 3 is 2.23 bits per heavy atom. The fourth-order valence-electron chi connectivity index (χ4n) is 11.2. The monoisotopic (exact) mass is 488 g/mol. The van der Waals surface area contributed by atoms with Crippen LogP contribution in [-0.2, 0) is 4.79 Å². The Balaban J connectivity index is 1.65. The molecule has 1 unspecified atom stereocenters. The van der Waals surface area contributed by atoms with Crippen LogP contribution in [0.5, 0.6) is 0 Å². The quantitative estimate of drug-likeness (QED) is 0.388. The van der Waals surface area contributed by atoms with Crippen LogP contribution in [0.3, 0.4) is 0 Å². The SMILES string of the molecule is C[C@H]1[C@H](C)CC[C@]2(C(=O)O)CC[C@]3(C)C(=CC[C@@H]4[C@@]5(C)C[C@@H](O)[C@H](O)C(C)(C)C5[C@H](O)C[C@]43C)[C@H]12. The average Bonchev–Trinajstić information content (AvgIpc) is 2.74. The first kappa shape index (κ1) is 25.7. The normalized spacial score (nSPS) is 57.1. The topological polar surface area (TPSA) is 98.0 Å². The Hall–Kier alpha value is -0.910. The first-order chi connectivity index (χ1) is 16.1. The minimum atomic E-state index is -0.847. The molecule has 5 rings (SSSR count). The van der Waals surface area contributed by atoms with Crippen molar-refractivity contribution in [2.45, 2.75) is 112 Å². The van der Waals surface area contributed by atoms with E-state index in [2.05, 4.69) is 40.7 Å². The molecule has 0 aliphatic heterocycles. The Morgan fingerprint density at radius 1 is 0.943 bits per heavy atom. The lowest BCUT2D eigenvalue weighted by atomic mass is 9.32. The Morgan fingerprint density at radius 2 is 1.60 bits per heavy atom. The first-order valence-electron chi connectivity index (χ1n) is 14.1. The summed E-state index contributed by atoms with van der Waals surface area (Å²) in [4.78, 5) is 12.8. The van der Waals surface area contributed by atoms with E-state index in [1.807, 2.05) is 13.8 Å². The number of carboxylic acids is 1. The van der Waals surface area contributed by atoms with Crippen molar-refractivity contribution < 1.29 is 25.2 Å². The Bertz CT molecular complexity index is 941. The van der Waals surface area contributed by atoms with Crippen molar-refractivity contribution in [2.24, 2.45) is 56.7 Å². The second kappa shape index (κ2) is 7.57. The third kappa shape index (κ3) is 2.95. The molecule has 198 valence electrons. The fraction of sp³-hybridized carbons (Fsp3) is 0.900. The number of carbonyl (C=O) groups is 1. The summed E-state index contributed by atoms with van der Waals surface area (Å²) in [6, 6.07) is 0. The molecule has 0 radical (unpaired) electrons. The molecule has 0 aromatic heterocycles. The third-order valence-corrected chi connectivity index (χ3v) is 13.2. The number of rotatable bonds is 1. The van der Waals surface area contributed by atoms with Crippen LogP contribution >= 0.6 is 0 Å². The highest BCUT2D eigenvalue weighted by molar-refractivity contribution is 5.76. The fourth-order valence-corrected chi connectivity index (χ4v) is 11.2. The number of fused-ring (bicyclic) bond motifs is 7. The van der Waals surface area contributed by atoms with Gasteiger partial charge in [0.25, 0.3) is 0 Å². The highest BCUT2D eigenvalue weighted by Crippen LogP contribution is 2.75. The van der Waals surface area contributed by atoms with Gasteiger partial charge in [-0.25, -0.2) is 0 Å². The zero-order valence-corrected chi connectivity index (χ0v) is 22.8. The molecule has 35 heavy (non-hydrogen) atoms. The van der Waals surface area contributed by atoms with E-state index in [4.69, 9.17) is 0 Å². The first-order valence-corrected chi connectivity index (χ1v) is 14.1. The van der Waals surface area contributed by atoms with E-state index in [0.29, 0.717) is 31.1 Å². The number of aliphatic hydroxyl groups is 3. The maximum atomic E-state index is 12.8. The van der Waals surface area contributed by atoms with Crippen molar-refractivity contribution in [1.29, 1.82) is 0 Å². The van der Waals surface area contributed by atoms with Gasteiger partial charge in [-0.15, -0.1) is 0 Å². The predicted octanol–water partition coefficient (Wildman–Crippen LogP) is 5.03. The lowest BCUT2D eigenvalue weighted by Gasteiger charge is -2.72. The predicted molar refractivity (Wildman–Crippen MR) is 135 cm³/mol. The van der Waals surface area contributed by atoms with Gasteiger partial charge in [0.2, 0.25) is 0 Å². The molecule has 0 aromatic rings. The van der Waals surface area contributed by atoms with Gasteiger partial charge in [0, 0.05) is 0 Å². The van der Waals surface area contributed by atoms with Crippen LogP contribution in [0.25, 0.3) is 0 Å². The van der Waals surface area contributed by atoms with Crippen LogP contribution in [-0.4, -0.2) is 44.7 Å². The number of carboxylic acid groups (broad SMARTS) is 1. The molecule has 5 heteroatoms. The molecule has 0 saturated heterocycles. The zero-order chi connectivity index (χ0) is 25.9. The number of hydrogen-bond donors (Lipinski definition) is 4. The molecule has 5 aliphatic rings. The van der Waals surface area contributed by atoms with Crippen LogP contribution in [0.2, 0.25) is 0 Å². The van der Waals surface area contributed by atoms with E-state index >= 15 is 0 Å². The number of aliphatic carboxylic acids is 1. The second-order valence-corrected chi connectivity index (χ2v) is 14.8. The number of aliphatic hydroxyl groups excluding tert-OH is 3. The van der Waals surface area contributed by atoms with Gasteiger partial charge in [-0.3, -0.25) is 4.79 Å². The van der Waals surface area contributed by atoms with Gasteiger partial charge in [0.05, 0.1) is 23.7 Å². The highest BCUT2D eigenvalue weighted by atomic mass is 16.4. The van der Waals surface area contributed by atoms with E-state index in [1.165, 1.54) is 5.57 Å². The van der Waals surface area contributed by atoms with Crippen LogP contribution in [0, 0.1) is 56.7 Å². The van der Waals surface area contributed by atoms with E-state index in [0.717, 1.165) is 25.7 Å². The standard InChI is InChI=1S/C30H48O5/c1-16-10-11-30(25(34)35)13-12-28(6)18(22(30)17(16)2)8-9-21-27(5)14-20(32)24(33)26(3,4)23(27)19(31)15-29(21,28)7/h8,16-17,19-24,31-33H,9-15H2,1-7H3,(H,34,35)/t16-,17+,19-,20-,21-,22+,23?,24+,27-,28-,29-,30+/m1/s1. The summed E-state index contributed by atoms with van der Waals surface area (Å²) in [7, 11) is 0. The van der Waals surface area contributed by atoms with Gasteiger partial charge >= 0.3 is 5.97 Å². The van der Waals surface area contributed by atoms with Crippen molar-refractivity contribution in [3.8, 4) is 0 Å². The Kier molecular flexibility index (Phi) is 5.56. The van der Waals surface area contributed by atoms with Crippen molar-refractivity contribution in [3.63, 3.8) is 0 Å². The van der Waals surface area contributed by atoms with E-state index in [1.54, 1.807) is 0 Å². The largest absolute Gasteiger partial charge is 0.481 e. The number of allylic oxidation sites excluding steroid dienone is 2. The molecule has 0 aromatic carbocycles. The maximum absolute atomic E-state index is 12.8. The highest BCUT2D eigenvalue weighted by Gasteiger charge is 2.72. The van der Waals surface area contributed by atoms with E-state index in [-0.39, 0.29) is 34.0 Å². The van der Waals surface area contributed by atoms with Crippen molar-refractivity contribution in [1.82, 2.24) is 0 Å². The Labute approximate surface area is 211 Å². The summed E-state index contributed by atoms with van der Waals surface area (Å²) in [6.07, 6.45) is 5.46. The smallest absolute Gasteiger partial charge is 0.310 e. The summed E-state index contributed by atoms with van der Waals surface area (Å²) >= 11 is 0. The van der Waals surface area contributed by atoms with Crippen LogP contribution in [0.1, 0.15) is 93.4 Å². The summed E-state index contributed by atoms with van der Waals surface area (Å²) in [5, 5.41) is 44.2. The second-order valence-electron chi connectivity index (χ2n) is 14.8. The van der Waals surface area contributed by atoms with Gasteiger partial charge in [-0.05, 0) is 96.2 Å². The molecule has 12 atom stereocenters. The third-order valence-electron chi connectivity index (χ3n) is 13.2. The van der Waals surface area contributed by atoms with Crippen LogP contribution < -0.4 is 0 Å². The molecule has 0 spiro atoms. The van der Waals surface area contributed by atoms with Crippen molar-refractivity contribution in [2.75, 3.05) is 0 Å². The van der Waals surface area contributed by atoms with Crippen molar-refractivity contribution in [3.05, 3.63) is 11.6 Å². The summed E-state index contributed by atoms with van der Waals surface area (Å²) in [5.41, 5.74) is -0.625. The van der Waals surface area contributed by atoms with Crippen molar-refractivity contribution >= 4 is 5.97 Å². The van der Waals surface area contributed by atoms with Gasteiger partial charge in [0.15, 0.2) is 0 Å². The average molecular weight is 489 g/mol. The van der Waals surface area contributed by atoms with Gasteiger partial charge in [-0.1, -0.05) is 60.1 Å². The minimum Gasteiger partial charge on any atom is -0.481 e. The summed E-state index contributed by atoms with van der Waals surface area (Å²) < 4.78 is 0. The summed E-state index contributed by atoms with van der Waals surface area (Å²) in [5.74, 6) is 0.383. The minimum absolute atomic E-state index is 0.0400. The van der Waals surface area contributed by atoms with Crippen LogP contribution in [0.15, 0.2) is 11.6 Å². The lowest BCUT2D eigenvalue weighted by molar-refractivity contribution is -0.263.